The van der Waals surface area contributed by atoms with Crippen LogP contribution in [0.25, 0.3) is 0 Å². The fourth-order valence-electron chi connectivity index (χ4n) is 2.80. The van der Waals surface area contributed by atoms with Gasteiger partial charge in [-0.15, -0.1) is 0 Å². The number of hydrogen-bond acceptors (Lipinski definition) is 2. The highest BCUT2D eigenvalue weighted by Crippen LogP contribution is 2.31. The summed E-state index contributed by atoms with van der Waals surface area (Å²) in [6.45, 7) is 10.1. The van der Waals surface area contributed by atoms with Crippen LogP contribution in [0.15, 0.2) is 42.5 Å². The molecule has 1 aliphatic heterocycles. The van der Waals surface area contributed by atoms with Gasteiger partial charge < -0.3 is 9.64 Å². The molecule has 0 bridgehead atoms. The van der Waals surface area contributed by atoms with Gasteiger partial charge in [0.2, 0.25) is 0 Å². The minimum absolute atomic E-state index is 0.212. The Morgan fingerprint density at radius 3 is 2.60 bits per heavy atom. The molecule has 0 spiro atoms. The van der Waals surface area contributed by atoms with Gasteiger partial charge in [0.25, 0.3) is 0 Å². The van der Waals surface area contributed by atoms with Gasteiger partial charge in [0.15, 0.2) is 0 Å². The number of ether oxygens (including phenoxy) is 1. The first-order valence-electron chi connectivity index (χ1n) is 7.22. The second kappa shape index (κ2) is 6.60. The molecular formula is C17H23NO2. The molecule has 0 aromatic heterocycles. The summed E-state index contributed by atoms with van der Waals surface area (Å²) >= 11 is 0. The van der Waals surface area contributed by atoms with E-state index < -0.39 is 0 Å². The zero-order chi connectivity index (χ0) is 14.5. The van der Waals surface area contributed by atoms with Crippen molar-refractivity contribution < 1.29 is 9.53 Å². The van der Waals surface area contributed by atoms with Crippen molar-refractivity contribution in [3.8, 4) is 0 Å². The Balaban J connectivity index is 1.89. The molecule has 1 fully saturated rings. The summed E-state index contributed by atoms with van der Waals surface area (Å²) in [5, 5.41) is 0. The van der Waals surface area contributed by atoms with Crippen LogP contribution in [-0.2, 0) is 11.3 Å². The molecule has 0 radical (unpaired) electrons. The third-order valence-electron chi connectivity index (χ3n) is 4.06. The maximum absolute atomic E-state index is 12.1. The molecule has 3 heteroatoms. The first-order valence-corrected chi connectivity index (χ1v) is 7.22. The Bertz CT molecular complexity index is 469. The van der Waals surface area contributed by atoms with Crippen molar-refractivity contribution in [3.63, 3.8) is 0 Å². The molecule has 2 atom stereocenters. The molecule has 0 aliphatic carbocycles. The number of carbonyl (C=O) groups excluding carboxylic acids is 1. The number of rotatable bonds is 4. The molecule has 108 valence electrons. The minimum atomic E-state index is -0.212. The molecule has 1 aromatic carbocycles. The molecule has 0 N–H and O–H groups in total. The lowest BCUT2D eigenvalue weighted by atomic mass is 9.89. The Morgan fingerprint density at radius 1 is 1.35 bits per heavy atom. The molecular weight excluding hydrogens is 250 g/mol. The molecule has 1 heterocycles. The van der Waals surface area contributed by atoms with Crippen LogP contribution in [0.5, 0.6) is 0 Å². The molecule has 3 nitrogen and oxygen atoms in total. The topological polar surface area (TPSA) is 29.5 Å². The summed E-state index contributed by atoms with van der Waals surface area (Å²) in [5.74, 6) is 0.918. The highest BCUT2D eigenvalue weighted by molar-refractivity contribution is 5.68. The monoisotopic (exact) mass is 273 g/mol. The second-order valence-corrected chi connectivity index (χ2v) is 5.57. The van der Waals surface area contributed by atoms with Gasteiger partial charge >= 0.3 is 6.09 Å². The number of benzene rings is 1. The Labute approximate surface area is 121 Å². The van der Waals surface area contributed by atoms with Crippen molar-refractivity contribution >= 4 is 6.09 Å². The van der Waals surface area contributed by atoms with Crippen molar-refractivity contribution in [1.82, 2.24) is 4.90 Å². The normalized spacial score (nSPS) is 21.8. The van der Waals surface area contributed by atoms with Crippen LogP contribution in [0, 0.1) is 11.8 Å². The number of carbonyl (C=O) groups is 1. The minimum Gasteiger partial charge on any atom is -0.445 e. The van der Waals surface area contributed by atoms with Crippen LogP contribution >= 0.6 is 0 Å². The smallest absolute Gasteiger partial charge is 0.410 e. The fraction of sp³-hybridized carbons (Fsp3) is 0.471. The summed E-state index contributed by atoms with van der Waals surface area (Å²) < 4.78 is 5.39. The van der Waals surface area contributed by atoms with Crippen LogP contribution in [0.4, 0.5) is 4.79 Å². The first-order chi connectivity index (χ1) is 9.61. The fourth-order valence-corrected chi connectivity index (χ4v) is 2.80. The lowest BCUT2D eigenvalue weighted by Crippen LogP contribution is -2.29. The van der Waals surface area contributed by atoms with E-state index in [1.807, 2.05) is 42.2 Å². The number of amides is 1. The van der Waals surface area contributed by atoms with Gasteiger partial charge in [-0.3, -0.25) is 0 Å². The summed E-state index contributed by atoms with van der Waals surface area (Å²) in [6, 6.07) is 9.77. The SMILES string of the molecule is C=C(C)C1CN(C(=O)OCc2ccccc2)CC1CC. The number of nitrogens with zero attached hydrogens (tertiary/aromatic N) is 1. The maximum atomic E-state index is 12.1. The Hall–Kier alpha value is -1.77. The molecule has 1 saturated heterocycles. The molecule has 1 aliphatic rings. The van der Waals surface area contributed by atoms with E-state index >= 15 is 0 Å². The van der Waals surface area contributed by atoms with E-state index in [9.17, 15) is 4.79 Å². The molecule has 2 unspecified atom stereocenters. The molecule has 0 saturated carbocycles. The first kappa shape index (κ1) is 14.6. The van der Waals surface area contributed by atoms with Crippen molar-refractivity contribution in [1.29, 1.82) is 0 Å². The van der Waals surface area contributed by atoms with Gasteiger partial charge in [0.05, 0.1) is 0 Å². The molecule has 2 rings (SSSR count). The van der Waals surface area contributed by atoms with Gasteiger partial charge in [-0.05, 0) is 18.4 Å². The third kappa shape index (κ3) is 3.41. The summed E-state index contributed by atoms with van der Waals surface area (Å²) in [4.78, 5) is 13.9. The van der Waals surface area contributed by atoms with Crippen LogP contribution in [0.1, 0.15) is 25.8 Å². The van der Waals surface area contributed by atoms with Gasteiger partial charge in [-0.25, -0.2) is 4.79 Å². The van der Waals surface area contributed by atoms with E-state index in [1.54, 1.807) is 0 Å². The van der Waals surface area contributed by atoms with E-state index in [0.717, 1.165) is 30.6 Å². The average molecular weight is 273 g/mol. The van der Waals surface area contributed by atoms with Crippen molar-refractivity contribution in [2.75, 3.05) is 13.1 Å². The highest BCUT2D eigenvalue weighted by Gasteiger charge is 2.35. The van der Waals surface area contributed by atoms with Gasteiger partial charge in [-0.1, -0.05) is 55.8 Å². The van der Waals surface area contributed by atoms with E-state index in [0.29, 0.717) is 18.4 Å². The Kier molecular flexibility index (Phi) is 4.83. The van der Waals surface area contributed by atoms with Crippen molar-refractivity contribution in [3.05, 3.63) is 48.0 Å². The zero-order valence-electron chi connectivity index (χ0n) is 12.3. The van der Waals surface area contributed by atoms with Gasteiger partial charge in [0, 0.05) is 19.0 Å². The largest absolute Gasteiger partial charge is 0.445 e. The summed E-state index contributed by atoms with van der Waals surface area (Å²) in [5.41, 5.74) is 2.18. The predicted octanol–water partition coefficient (Wildman–Crippen LogP) is 3.86. The second-order valence-electron chi connectivity index (χ2n) is 5.57. The zero-order valence-corrected chi connectivity index (χ0v) is 12.3. The predicted molar refractivity (Wildman–Crippen MR) is 80.3 cm³/mol. The van der Waals surface area contributed by atoms with Crippen LogP contribution in [-0.4, -0.2) is 24.1 Å². The van der Waals surface area contributed by atoms with Gasteiger partial charge in [0.1, 0.15) is 6.61 Å². The number of likely N-dealkylation sites (tertiary alicyclic amines) is 1. The quantitative estimate of drug-likeness (QED) is 0.780. The van der Waals surface area contributed by atoms with Crippen molar-refractivity contribution in [2.24, 2.45) is 11.8 Å². The van der Waals surface area contributed by atoms with Crippen LogP contribution < -0.4 is 0 Å². The van der Waals surface area contributed by atoms with Crippen molar-refractivity contribution in [2.45, 2.75) is 26.9 Å². The molecule has 1 aromatic rings. The lowest BCUT2D eigenvalue weighted by Gasteiger charge is -2.16. The highest BCUT2D eigenvalue weighted by atomic mass is 16.6. The third-order valence-corrected chi connectivity index (χ3v) is 4.06. The molecule has 1 amide bonds. The Morgan fingerprint density at radius 2 is 2.05 bits per heavy atom. The maximum Gasteiger partial charge on any atom is 0.410 e. The lowest BCUT2D eigenvalue weighted by molar-refractivity contribution is 0.102. The van der Waals surface area contributed by atoms with Crippen LogP contribution in [0.2, 0.25) is 0 Å². The van der Waals surface area contributed by atoms with Crippen LogP contribution in [0.3, 0.4) is 0 Å². The molecule has 20 heavy (non-hydrogen) atoms. The van der Waals surface area contributed by atoms with Gasteiger partial charge in [-0.2, -0.15) is 0 Å². The summed E-state index contributed by atoms with van der Waals surface area (Å²) in [6.07, 6.45) is 0.857. The summed E-state index contributed by atoms with van der Waals surface area (Å²) in [7, 11) is 0. The van der Waals surface area contributed by atoms with E-state index in [-0.39, 0.29) is 6.09 Å². The van der Waals surface area contributed by atoms with E-state index in [2.05, 4.69) is 13.5 Å². The average Bonchev–Trinajstić information content (AvgIpc) is 2.90. The standard InChI is InChI=1S/C17H23NO2/c1-4-15-10-18(11-16(15)13(2)3)17(19)20-12-14-8-6-5-7-9-14/h5-9,15-16H,2,4,10-12H2,1,3H3. The van der Waals surface area contributed by atoms with E-state index in [1.165, 1.54) is 0 Å². The van der Waals surface area contributed by atoms with E-state index in [4.69, 9.17) is 4.74 Å². The number of hydrogen-bond donors (Lipinski definition) is 0.